The summed E-state index contributed by atoms with van der Waals surface area (Å²) in [6.07, 6.45) is 2.67. The fourth-order valence-corrected chi connectivity index (χ4v) is 3.56. The summed E-state index contributed by atoms with van der Waals surface area (Å²) in [6, 6.07) is 8.94. The summed E-state index contributed by atoms with van der Waals surface area (Å²) in [5.74, 6) is -0.308. The van der Waals surface area contributed by atoms with Crippen LogP contribution in [0.3, 0.4) is 0 Å². The third kappa shape index (κ3) is 3.38. The van der Waals surface area contributed by atoms with E-state index in [1.165, 1.54) is 29.6 Å². The SMILES string of the molecule is CCC1CNCCN1c1ncc(C(=O)OC)s1.c1cc2ccc1-2. The lowest BCUT2D eigenvalue weighted by molar-refractivity contribution is 0.0606. The molecule has 3 aliphatic rings. The Kier molecular flexibility index (Phi) is 4.93. The molecule has 0 radical (unpaired) electrons. The van der Waals surface area contributed by atoms with Crippen LogP contribution < -0.4 is 10.2 Å². The van der Waals surface area contributed by atoms with Crippen molar-refractivity contribution in [1.82, 2.24) is 10.3 Å². The van der Waals surface area contributed by atoms with Crippen LogP contribution in [0.2, 0.25) is 0 Å². The number of methoxy groups -OCH3 is 1. The molecule has 23 heavy (non-hydrogen) atoms. The van der Waals surface area contributed by atoms with E-state index in [2.05, 4.69) is 46.4 Å². The molecule has 1 fully saturated rings. The maximum Gasteiger partial charge on any atom is 0.349 e. The minimum absolute atomic E-state index is 0.308. The molecule has 5 nitrogen and oxygen atoms in total. The molecule has 0 amide bonds. The molecule has 1 unspecified atom stereocenters. The Labute approximate surface area is 140 Å². The van der Waals surface area contributed by atoms with E-state index in [1.54, 1.807) is 6.20 Å². The number of carbonyl (C=O) groups excluding carboxylic acids is 1. The van der Waals surface area contributed by atoms with Crippen LogP contribution in [0, 0.1) is 0 Å². The molecule has 1 aromatic rings. The van der Waals surface area contributed by atoms with Crippen molar-refractivity contribution in [2.75, 3.05) is 31.6 Å². The number of rotatable bonds is 3. The molecule has 1 atom stereocenters. The zero-order chi connectivity index (χ0) is 16.2. The third-order valence-corrected chi connectivity index (χ3v) is 5.18. The largest absolute Gasteiger partial charge is 0.465 e. The number of aromatic nitrogens is 1. The Bertz CT molecular complexity index is 648. The van der Waals surface area contributed by atoms with Crippen molar-refractivity contribution in [1.29, 1.82) is 0 Å². The molecule has 4 rings (SSSR count). The number of hydrogen-bond donors (Lipinski definition) is 1. The molecule has 0 spiro atoms. The van der Waals surface area contributed by atoms with Gasteiger partial charge in [-0.05, 0) is 17.5 Å². The Morgan fingerprint density at radius 3 is 2.61 bits per heavy atom. The quantitative estimate of drug-likeness (QED) is 0.748. The molecular formula is C17H21N3O2S. The van der Waals surface area contributed by atoms with Gasteiger partial charge in [0.2, 0.25) is 0 Å². The normalized spacial score (nSPS) is 18.0. The van der Waals surface area contributed by atoms with Gasteiger partial charge in [0.1, 0.15) is 4.88 Å². The first-order valence-corrected chi connectivity index (χ1v) is 8.66. The fraction of sp³-hybridized carbons (Fsp3) is 0.412. The summed E-state index contributed by atoms with van der Waals surface area (Å²) >= 11 is 1.40. The van der Waals surface area contributed by atoms with Crippen molar-refractivity contribution in [3.63, 3.8) is 0 Å². The number of benzene rings is 1. The van der Waals surface area contributed by atoms with Crippen LogP contribution >= 0.6 is 11.3 Å². The number of ether oxygens (including phenoxy) is 1. The van der Waals surface area contributed by atoms with Gasteiger partial charge in [0, 0.05) is 25.7 Å². The predicted molar refractivity (Wildman–Crippen MR) is 93.2 cm³/mol. The number of nitrogens with one attached hydrogen (secondary N) is 1. The first kappa shape index (κ1) is 16.0. The molecule has 1 saturated heterocycles. The van der Waals surface area contributed by atoms with E-state index >= 15 is 0 Å². The van der Waals surface area contributed by atoms with E-state index in [-0.39, 0.29) is 5.97 Å². The lowest BCUT2D eigenvalue weighted by atomic mass is 9.95. The maximum absolute atomic E-state index is 11.4. The average Bonchev–Trinajstić information content (AvgIpc) is 3.07. The number of anilines is 1. The fourth-order valence-electron chi connectivity index (χ4n) is 2.63. The van der Waals surface area contributed by atoms with Crippen molar-refractivity contribution in [2.24, 2.45) is 0 Å². The zero-order valence-electron chi connectivity index (χ0n) is 13.4. The van der Waals surface area contributed by atoms with Gasteiger partial charge in [-0.2, -0.15) is 0 Å². The number of thiazole rings is 1. The van der Waals surface area contributed by atoms with E-state index < -0.39 is 0 Å². The highest BCUT2D eigenvalue weighted by Gasteiger charge is 2.24. The molecule has 122 valence electrons. The highest BCUT2D eigenvalue weighted by atomic mass is 32.1. The van der Waals surface area contributed by atoms with Crippen molar-refractivity contribution < 1.29 is 9.53 Å². The van der Waals surface area contributed by atoms with Crippen molar-refractivity contribution >= 4 is 22.4 Å². The number of fused-ring (bicyclic) bond motifs is 1. The molecule has 1 N–H and O–H groups in total. The van der Waals surface area contributed by atoms with E-state index in [0.717, 1.165) is 31.2 Å². The molecule has 1 aromatic heterocycles. The summed E-state index contributed by atoms with van der Waals surface area (Å²) in [6.45, 7) is 5.04. The Morgan fingerprint density at radius 2 is 2.09 bits per heavy atom. The highest BCUT2D eigenvalue weighted by Crippen LogP contribution is 2.29. The molecule has 6 heteroatoms. The van der Waals surface area contributed by atoms with Crippen LogP contribution in [0.25, 0.3) is 11.1 Å². The molecule has 1 aliphatic heterocycles. The van der Waals surface area contributed by atoms with E-state index in [0.29, 0.717) is 10.9 Å². The third-order valence-electron chi connectivity index (χ3n) is 4.17. The number of hydrogen-bond acceptors (Lipinski definition) is 6. The van der Waals surface area contributed by atoms with E-state index in [1.807, 2.05) is 0 Å². The lowest BCUT2D eigenvalue weighted by Gasteiger charge is -2.35. The van der Waals surface area contributed by atoms with Crippen LogP contribution in [0.4, 0.5) is 5.13 Å². The molecule has 0 bridgehead atoms. The van der Waals surface area contributed by atoms with Gasteiger partial charge in [-0.3, -0.25) is 0 Å². The summed E-state index contributed by atoms with van der Waals surface area (Å²) in [4.78, 5) is 18.5. The van der Waals surface area contributed by atoms with E-state index in [9.17, 15) is 4.79 Å². The van der Waals surface area contributed by atoms with Crippen LogP contribution in [-0.2, 0) is 4.74 Å². The van der Waals surface area contributed by atoms with Gasteiger partial charge < -0.3 is 15.0 Å². The monoisotopic (exact) mass is 331 g/mol. The van der Waals surface area contributed by atoms with Crippen LogP contribution in [0.5, 0.6) is 0 Å². The first-order valence-electron chi connectivity index (χ1n) is 7.85. The summed E-state index contributed by atoms with van der Waals surface area (Å²) in [5, 5.41) is 4.29. The van der Waals surface area contributed by atoms with Gasteiger partial charge in [-0.1, -0.05) is 42.5 Å². The topological polar surface area (TPSA) is 54.5 Å². The van der Waals surface area contributed by atoms with Crippen LogP contribution in [0.15, 0.2) is 30.5 Å². The van der Waals surface area contributed by atoms with E-state index in [4.69, 9.17) is 4.74 Å². The summed E-state index contributed by atoms with van der Waals surface area (Å²) in [7, 11) is 1.39. The minimum atomic E-state index is -0.308. The van der Waals surface area contributed by atoms with Crippen molar-refractivity contribution in [3.8, 4) is 11.1 Å². The Morgan fingerprint density at radius 1 is 1.39 bits per heavy atom. The number of nitrogens with zero attached hydrogens (tertiary/aromatic N) is 2. The lowest BCUT2D eigenvalue weighted by Crippen LogP contribution is -2.51. The summed E-state index contributed by atoms with van der Waals surface area (Å²) in [5.41, 5.74) is 2.85. The van der Waals surface area contributed by atoms with Gasteiger partial charge >= 0.3 is 5.97 Å². The van der Waals surface area contributed by atoms with Crippen molar-refractivity contribution in [2.45, 2.75) is 19.4 Å². The van der Waals surface area contributed by atoms with Gasteiger partial charge in [0.25, 0.3) is 0 Å². The second-order valence-electron chi connectivity index (χ2n) is 5.54. The zero-order valence-corrected chi connectivity index (χ0v) is 14.2. The standard InChI is InChI=1S/C11H17N3O2S.C6H4/c1-3-8-6-12-4-5-14(8)11-13-7-9(17-11)10(15)16-2;1-2-6-4-3-5(1)6/h7-8,12H,3-6H2,1-2H3;1-4H. The Balaban J connectivity index is 0.000000213. The second kappa shape index (κ2) is 7.10. The predicted octanol–water partition coefficient (Wildman–Crippen LogP) is 2.78. The average molecular weight is 331 g/mol. The van der Waals surface area contributed by atoms with Crippen LogP contribution in [0.1, 0.15) is 23.0 Å². The second-order valence-corrected chi connectivity index (χ2v) is 6.54. The van der Waals surface area contributed by atoms with Gasteiger partial charge in [0.05, 0.1) is 13.3 Å². The minimum Gasteiger partial charge on any atom is -0.465 e. The Hall–Kier alpha value is -1.92. The van der Waals surface area contributed by atoms with Crippen LogP contribution in [-0.4, -0.2) is 43.7 Å². The number of piperazine rings is 1. The molecule has 0 saturated carbocycles. The van der Waals surface area contributed by atoms with Crippen molar-refractivity contribution in [3.05, 3.63) is 35.3 Å². The molecule has 2 heterocycles. The molecular weight excluding hydrogens is 310 g/mol. The number of esters is 1. The molecule has 0 aromatic carbocycles. The highest BCUT2D eigenvalue weighted by molar-refractivity contribution is 7.17. The van der Waals surface area contributed by atoms with Gasteiger partial charge in [-0.15, -0.1) is 0 Å². The maximum atomic E-state index is 11.4. The van der Waals surface area contributed by atoms with Gasteiger partial charge in [0.15, 0.2) is 5.13 Å². The summed E-state index contributed by atoms with van der Waals surface area (Å²) < 4.78 is 4.69. The number of carbonyl (C=O) groups is 1. The smallest absolute Gasteiger partial charge is 0.349 e. The van der Waals surface area contributed by atoms with Gasteiger partial charge in [-0.25, -0.2) is 9.78 Å². The molecule has 2 aliphatic carbocycles. The first-order chi connectivity index (χ1) is 11.2.